The summed E-state index contributed by atoms with van der Waals surface area (Å²) in [6.45, 7) is 4.86. The zero-order valence-corrected chi connectivity index (χ0v) is 20.2. The Hall–Kier alpha value is -3.76. The lowest BCUT2D eigenvalue weighted by Gasteiger charge is -2.35. The van der Waals surface area contributed by atoms with E-state index >= 15 is 0 Å². The maximum absolute atomic E-state index is 12.9. The number of piperazine rings is 1. The van der Waals surface area contributed by atoms with Gasteiger partial charge in [0, 0.05) is 42.7 Å². The van der Waals surface area contributed by atoms with E-state index in [0.29, 0.717) is 43.0 Å². The quantitative estimate of drug-likeness (QED) is 0.395. The van der Waals surface area contributed by atoms with Crippen LogP contribution in [0, 0.1) is 5.41 Å². The highest BCUT2D eigenvalue weighted by molar-refractivity contribution is 5.99. The Labute approximate surface area is 209 Å². The Balaban J connectivity index is 1.38. The number of H-pyrrole nitrogens is 1. The van der Waals surface area contributed by atoms with Crippen molar-refractivity contribution in [2.75, 3.05) is 41.4 Å². The van der Waals surface area contributed by atoms with Crippen molar-refractivity contribution in [3.05, 3.63) is 48.2 Å². The highest BCUT2D eigenvalue weighted by Gasteiger charge is 2.39. The number of anilines is 4. The molecule has 36 heavy (non-hydrogen) atoms. The van der Waals surface area contributed by atoms with E-state index in [9.17, 15) is 4.79 Å². The van der Waals surface area contributed by atoms with Gasteiger partial charge in [-0.25, -0.2) is 4.98 Å². The van der Waals surface area contributed by atoms with Crippen LogP contribution in [0.3, 0.4) is 0 Å². The smallest absolute Gasteiger partial charge is 0.244 e. The molecule has 1 aromatic carbocycles. The molecule has 2 bridgehead atoms. The van der Waals surface area contributed by atoms with Crippen LogP contribution in [-0.4, -0.2) is 71.7 Å². The largest absolute Gasteiger partial charge is 0.377 e. The summed E-state index contributed by atoms with van der Waals surface area (Å²) in [5, 5.41) is 21.8. The third-order valence-corrected chi connectivity index (χ3v) is 7.30. The predicted octanol–water partition coefficient (Wildman–Crippen LogP) is 2.91. The molecule has 3 aliphatic rings. The second-order valence-electron chi connectivity index (χ2n) is 9.64. The molecule has 0 aliphatic carbocycles. The molecule has 2 unspecified atom stereocenters. The lowest BCUT2D eigenvalue weighted by Crippen LogP contribution is -2.55. The molecule has 0 saturated carbocycles. The first-order valence-electron chi connectivity index (χ1n) is 12.4. The Morgan fingerprint density at radius 2 is 2.08 bits per heavy atom. The Morgan fingerprint density at radius 1 is 1.22 bits per heavy atom. The molecular weight excluding hydrogens is 456 g/mol. The van der Waals surface area contributed by atoms with Gasteiger partial charge >= 0.3 is 0 Å². The van der Waals surface area contributed by atoms with Crippen molar-refractivity contribution >= 4 is 35.3 Å². The highest BCUT2D eigenvalue weighted by Crippen LogP contribution is 2.35. The third-order valence-electron chi connectivity index (χ3n) is 7.30. The number of aromatic amines is 1. The Morgan fingerprint density at radius 3 is 2.83 bits per heavy atom. The normalized spacial score (nSPS) is 23.7. The summed E-state index contributed by atoms with van der Waals surface area (Å²) in [6.07, 6.45) is 4.95. The van der Waals surface area contributed by atoms with Crippen molar-refractivity contribution < 1.29 is 9.53 Å². The minimum Gasteiger partial charge on any atom is -0.377 e. The van der Waals surface area contributed by atoms with E-state index in [4.69, 9.17) is 15.1 Å². The maximum atomic E-state index is 12.9. The summed E-state index contributed by atoms with van der Waals surface area (Å²) in [5.74, 6) is 2.26. The van der Waals surface area contributed by atoms with E-state index < -0.39 is 0 Å². The fourth-order valence-corrected chi connectivity index (χ4v) is 5.40. The van der Waals surface area contributed by atoms with Crippen LogP contribution >= 0.6 is 0 Å². The molecule has 10 nitrogen and oxygen atoms in total. The number of hydrogen-bond donors (Lipinski definition) is 4. The number of rotatable bonds is 6. The lowest BCUT2D eigenvalue weighted by molar-refractivity contribution is -0.121. The number of hydrogen-bond acceptors (Lipinski definition) is 8. The SMILES string of the molecule is C[C@@H]1COCCN1c1cc(-c2ccc(N3CC4CCC(N4)C3=O)cc2)c(C=N)c(Nc2ccn[nH]2)n1. The summed E-state index contributed by atoms with van der Waals surface area (Å²) in [6, 6.07) is 12.4. The van der Waals surface area contributed by atoms with Crippen molar-refractivity contribution in [1.29, 1.82) is 5.41 Å². The van der Waals surface area contributed by atoms with Crippen LogP contribution in [0.1, 0.15) is 25.3 Å². The summed E-state index contributed by atoms with van der Waals surface area (Å²) in [5.41, 5.74) is 3.44. The van der Waals surface area contributed by atoms with Gasteiger partial charge in [0.05, 0.1) is 31.5 Å². The van der Waals surface area contributed by atoms with Crippen molar-refractivity contribution in [3.8, 4) is 11.1 Å². The van der Waals surface area contributed by atoms with Gasteiger partial charge in [0.2, 0.25) is 5.91 Å². The average molecular weight is 487 g/mol. The molecule has 5 heterocycles. The summed E-state index contributed by atoms with van der Waals surface area (Å²) < 4.78 is 5.64. The second kappa shape index (κ2) is 9.36. The van der Waals surface area contributed by atoms with Crippen LogP contribution in [0.2, 0.25) is 0 Å². The number of carbonyl (C=O) groups excluding carboxylic acids is 1. The molecule has 10 heteroatoms. The number of carbonyl (C=O) groups is 1. The molecule has 0 spiro atoms. The number of aromatic nitrogens is 3. The number of pyridine rings is 1. The van der Waals surface area contributed by atoms with E-state index in [1.54, 1.807) is 6.20 Å². The first-order chi connectivity index (χ1) is 17.6. The second-order valence-corrected chi connectivity index (χ2v) is 9.64. The van der Waals surface area contributed by atoms with Crippen LogP contribution in [0.4, 0.5) is 23.1 Å². The van der Waals surface area contributed by atoms with Gasteiger partial charge in [-0.15, -0.1) is 0 Å². The monoisotopic (exact) mass is 486 g/mol. The molecule has 3 saturated heterocycles. The van der Waals surface area contributed by atoms with Crippen molar-refractivity contribution in [1.82, 2.24) is 20.5 Å². The van der Waals surface area contributed by atoms with E-state index in [0.717, 1.165) is 42.0 Å². The van der Waals surface area contributed by atoms with Gasteiger partial charge in [0.15, 0.2) is 0 Å². The molecule has 6 rings (SSSR count). The lowest BCUT2D eigenvalue weighted by atomic mass is 9.99. The van der Waals surface area contributed by atoms with Crippen LogP contribution in [-0.2, 0) is 9.53 Å². The minimum atomic E-state index is -0.0673. The Bertz CT molecular complexity index is 1260. The molecule has 3 atom stereocenters. The molecule has 3 aromatic rings. The van der Waals surface area contributed by atoms with Crippen molar-refractivity contribution in [2.24, 2.45) is 0 Å². The first-order valence-corrected chi connectivity index (χ1v) is 12.4. The molecule has 3 fully saturated rings. The van der Waals surface area contributed by atoms with Crippen molar-refractivity contribution in [2.45, 2.75) is 37.9 Å². The Kier molecular flexibility index (Phi) is 5.90. The zero-order chi connectivity index (χ0) is 24.6. The number of fused-ring (bicyclic) bond motifs is 2. The van der Waals surface area contributed by atoms with Gasteiger partial charge in [-0.2, -0.15) is 5.10 Å². The van der Waals surface area contributed by atoms with E-state index in [-0.39, 0.29) is 18.0 Å². The predicted molar refractivity (Wildman–Crippen MR) is 139 cm³/mol. The van der Waals surface area contributed by atoms with Crippen LogP contribution < -0.4 is 20.4 Å². The first kappa shape index (κ1) is 22.7. The van der Waals surface area contributed by atoms with Crippen LogP contribution in [0.15, 0.2) is 42.6 Å². The highest BCUT2D eigenvalue weighted by atomic mass is 16.5. The summed E-state index contributed by atoms with van der Waals surface area (Å²) in [7, 11) is 0. The number of ether oxygens (including phenoxy) is 1. The van der Waals surface area contributed by atoms with Gasteiger partial charge < -0.3 is 30.6 Å². The fourth-order valence-electron chi connectivity index (χ4n) is 5.40. The van der Waals surface area contributed by atoms with Crippen molar-refractivity contribution in [3.63, 3.8) is 0 Å². The maximum Gasteiger partial charge on any atom is 0.244 e. The van der Waals surface area contributed by atoms with E-state index in [1.165, 1.54) is 6.21 Å². The van der Waals surface area contributed by atoms with Gasteiger partial charge in [-0.1, -0.05) is 12.1 Å². The summed E-state index contributed by atoms with van der Waals surface area (Å²) >= 11 is 0. The number of nitrogens with zero attached hydrogens (tertiary/aromatic N) is 4. The molecule has 0 radical (unpaired) electrons. The summed E-state index contributed by atoms with van der Waals surface area (Å²) in [4.78, 5) is 21.9. The molecule has 186 valence electrons. The molecule has 1 amide bonds. The molecule has 2 aromatic heterocycles. The number of benzene rings is 1. The molecule has 3 aliphatic heterocycles. The number of morpholine rings is 1. The number of amides is 1. The molecule has 4 N–H and O–H groups in total. The fraction of sp³-hybridized carbons (Fsp3) is 0.385. The van der Waals surface area contributed by atoms with Gasteiger partial charge in [0.1, 0.15) is 17.5 Å². The standard InChI is InChI=1S/C26H30N8O2/c1-16-15-36-11-10-33(16)24-12-20(21(13-27)25(31-24)30-23-8-9-28-32-23)17-2-5-19(6-3-17)34-14-18-4-7-22(29-18)26(34)35/h2-3,5-6,8-9,12-13,16,18,22,27,29H,4,7,10-11,14-15H2,1H3,(H2,28,30,31,32)/t16-,18?,22?/m1/s1. The van der Waals surface area contributed by atoms with E-state index in [1.807, 2.05) is 41.3 Å². The van der Waals surface area contributed by atoms with Gasteiger partial charge in [-0.3, -0.25) is 9.89 Å². The average Bonchev–Trinajstić information content (AvgIpc) is 3.56. The zero-order valence-electron chi connectivity index (χ0n) is 20.2. The number of nitrogens with one attached hydrogen (secondary N) is 4. The minimum absolute atomic E-state index is 0.0673. The third kappa shape index (κ3) is 4.12. The van der Waals surface area contributed by atoms with Gasteiger partial charge in [0.25, 0.3) is 0 Å². The van der Waals surface area contributed by atoms with Gasteiger partial charge in [-0.05, 0) is 49.1 Å². The van der Waals surface area contributed by atoms with Crippen LogP contribution in [0.5, 0.6) is 0 Å². The molecular formula is C26H30N8O2. The topological polar surface area (TPSA) is 122 Å². The van der Waals surface area contributed by atoms with E-state index in [2.05, 4.69) is 32.7 Å². The van der Waals surface area contributed by atoms with Crippen LogP contribution in [0.25, 0.3) is 11.1 Å².